The van der Waals surface area contributed by atoms with Crippen LogP contribution >= 0.6 is 0 Å². The Balaban J connectivity index is 1.61. The number of hydrogen-bond donors (Lipinski definition) is 1. The second-order valence-electron chi connectivity index (χ2n) is 7.32. The van der Waals surface area contributed by atoms with Crippen molar-refractivity contribution in [1.29, 1.82) is 0 Å². The standard InChI is InChI=1S/C17H24BNO3/c1-16(2)17(3,4)22-18(21-16)14-9-5-12(6-10-14)11-19-15(20)13-7-8-13/h5-6,9-10,13H,7-8,11H2,1-4H3,(H,19,20). The molecule has 1 aliphatic carbocycles. The summed E-state index contributed by atoms with van der Waals surface area (Å²) in [6.07, 6.45) is 2.07. The molecule has 1 N–H and O–H groups in total. The minimum Gasteiger partial charge on any atom is -0.399 e. The summed E-state index contributed by atoms with van der Waals surface area (Å²) >= 11 is 0. The molecule has 1 heterocycles. The molecule has 1 aromatic carbocycles. The van der Waals surface area contributed by atoms with Crippen molar-refractivity contribution in [3.63, 3.8) is 0 Å². The van der Waals surface area contributed by atoms with E-state index in [9.17, 15) is 4.79 Å². The highest BCUT2D eigenvalue weighted by atomic mass is 16.7. The number of carbonyl (C=O) groups excluding carboxylic acids is 1. The van der Waals surface area contributed by atoms with Gasteiger partial charge >= 0.3 is 7.12 Å². The van der Waals surface area contributed by atoms with E-state index in [-0.39, 0.29) is 30.1 Å². The molecule has 1 saturated carbocycles. The molecule has 1 aliphatic heterocycles. The van der Waals surface area contributed by atoms with Crippen LogP contribution in [0.4, 0.5) is 0 Å². The fraction of sp³-hybridized carbons (Fsp3) is 0.588. The number of hydrogen-bond acceptors (Lipinski definition) is 3. The number of amides is 1. The second-order valence-corrected chi connectivity index (χ2v) is 7.32. The first kappa shape index (κ1) is 15.6. The Kier molecular flexibility index (Phi) is 3.81. The van der Waals surface area contributed by atoms with E-state index >= 15 is 0 Å². The summed E-state index contributed by atoms with van der Waals surface area (Å²) in [6.45, 7) is 8.78. The van der Waals surface area contributed by atoms with Gasteiger partial charge in [-0.3, -0.25) is 4.79 Å². The molecular weight excluding hydrogens is 277 g/mol. The molecule has 0 radical (unpaired) electrons. The lowest BCUT2D eigenvalue weighted by molar-refractivity contribution is -0.122. The highest BCUT2D eigenvalue weighted by Gasteiger charge is 2.51. The smallest absolute Gasteiger partial charge is 0.399 e. The van der Waals surface area contributed by atoms with Gasteiger partial charge in [0.25, 0.3) is 0 Å². The number of nitrogens with one attached hydrogen (secondary N) is 1. The van der Waals surface area contributed by atoms with Crippen molar-refractivity contribution in [3.8, 4) is 0 Å². The lowest BCUT2D eigenvalue weighted by atomic mass is 9.79. The number of carbonyl (C=O) groups is 1. The van der Waals surface area contributed by atoms with Crippen LogP contribution in [0.25, 0.3) is 0 Å². The predicted molar refractivity (Wildman–Crippen MR) is 86.7 cm³/mol. The Morgan fingerprint density at radius 1 is 1.14 bits per heavy atom. The molecule has 22 heavy (non-hydrogen) atoms. The van der Waals surface area contributed by atoms with Crippen LogP contribution in [0.5, 0.6) is 0 Å². The Labute approximate surface area is 132 Å². The Bertz CT molecular complexity index is 548. The first-order chi connectivity index (χ1) is 10.3. The lowest BCUT2D eigenvalue weighted by Gasteiger charge is -2.32. The highest BCUT2D eigenvalue weighted by Crippen LogP contribution is 2.36. The van der Waals surface area contributed by atoms with Gasteiger partial charge in [-0.25, -0.2) is 0 Å². The molecule has 2 fully saturated rings. The van der Waals surface area contributed by atoms with Crippen LogP contribution in [0.1, 0.15) is 46.1 Å². The fourth-order valence-corrected chi connectivity index (χ4v) is 2.45. The zero-order valence-electron chi connectivity index (χ0n) is 13.8. The van der Waals surface area contributed by atoms with Crippen molar-refractivity contribution in [2.75, 3.05) is 0 Å². The van der Waals surface area contributed by atoms with Gasteiger partial charge in [0, 0.05) is 12.5 Å². The predicted octanol–water partition coefficient (Wildman–Crippen LogP) is 2.01. The highest BCUT2D eigenvalue weighted by molar-refractivity contribution is 6.62. The quantitative estimate of drug-likeness (QED) is 0.866. The molecule has 0 spiro atoms. The Hall–Kier alpha value is -1.33. The molecule has 0 atom stereocenters. The van der Waals surface area contributed by atoms with Gasteiger partial charge in [0.15, 0.2) is 0 Å². The molecule has 3 rings (SSSR count). The Morgan fingerprint density at radius 3 is 2.18 bits per heavy atom. The molecule has 0 bridgehead atoms. The van der Waals surface area contributed by atoms with Crippen LogP contribution in [-0.4, -0.2) is 24.2 Å². The average Bonchev–Trinajstić information content (AvgIpc) is 3.25. The third-order valence-corrected chi connectivity index (χ3v) is 4.92. The van der Waals surface area contributed by atoms with Crippen LogP contribution in [-0.2, 0) is 20.6 Å². The van der Waals surface area contributed by atoms with Crippen molar-refractivity contribution >= 4 is 18.5 Å². The van der Waals surface area contributed by atoms with Crippen molar-refractivity contribution in [1.82, 2.24) is 5.32 Å². The molecule has 4 nitrogen and oxygen atoms in total. The maximum Gasteiger partial charge on any atom is 0.494 e. The summed E-state index contributed by atoms with van der Waals surface area (Å²) in [7, 11) is -0.333. The maximum atomic E-state index is 11.6. The molecule has 5 heteroatoms. The van der Waals surface area contributed by atoms with E-state index in [1.54, 1.807) is 0 Å². The zero-order chi connectivity index (χ0) is 16.0. The van der Waals surface area contributed by atoms with E-state index in [0.29, 0.717) is 6.54 Å². The van der Waals surface area contributed by atoms with Gasteiger partial charge in [-0.1, -0.05) is 24.3 Å². The summed E-state index contributed by atoms with van der Waals surface area (Å²) in [5.41, 5.74) is 1.45. The summed E-state index contributed by atoms with van der Waals surface area (Å²) in [5.74, 6) is 0.430. The zero-order valence-corrected chi connectivity index (χ0v) is 13.8. The SMILES string of the molecule is CC1(C)OB(c2ccc(CNC(=O)C3CC3)cc2)OC1(C)C. The van der Waals surface area contributed by atoms with Gasteiger partial charge in [-0.15, -0.1) is 0 Å². The van der Waals surface area contributed by atoms with Crippen LogP contribution in [0.15, 0.2) is 24.3 Å². The van der Waals surface area contributed by atoms with Crippen LogP contribution in [0, 0.1) is 5.92 Å². The summed E-state index contributed by atoms with van der Waals surface area (Å²) in [6, 6.07) is 8.07. The van der Waals surface area contributed by atoms with Crippen LogP contribution in [0.3, 0.4) is 0 Å². The topological polar surface area (TPSA) is 47.6 Å². The van der Waals surface area contributed by atoms with Crippen molar-refractivity contribution in [2.45, 2.75) is 58.3 Å². The van der Waals surface area contributed by atoms with Crippen LogP contribution in [0.2, 0.25) is 0 Å². The van der Waals surface area contributed by atoms with E-state index in [4.69, 9.17) is 9.31 Å². The Morgan fingerprint density at radius 2 is 1.68 bits per heavy atom. The third kappa shape index (κ3) is 3.06. The van der Waals surface area contributed by atoms with Gasteiger partial charge in [-0.05, 0) is 51.6 Å². The van der Waals surface area contributed by atoms with Crippen molar-refractivity contribution in [3.05, 3.63) is 29.8 Å². The third-order valence-electron chi connectivity index (χ3n) is 4.92. The molecule has 0 aromatic heterocycles. The fourth-order valence-electron chi connectivity index (χ4n) is 2.45. The van der Waals surface area contributed by atoms with Gasteiger partial charge in [0.05, 0.1) is 11.2 Å². The normalized spacial score (nSPS) is 22.6. The summed E-state index contributed by atoms with van der Waals surface area (Å²) in [4.78, 5) is 11.6. The van der Waals surface area contributed by atoms with Gasteiger partial charge in [0.2, 0.25) is 5.91 Å². The van der Waals surface area contributed by atoms with Gasteiger partial charge in [-0.2, -0.15) is 0 Å². The molecule has 2 aliphatic rings. The average molecular weight is 301 g/mol. The van der Waals surface area contributed by atoms with Crippen LogP contribution < -0.4 is 10.8 Å². The minimum absolute atomic E-state index is 0.176. The second kappa shape index (κ2) is 5.39. The number of benzene rings is 1. The minimum atomic E-state index is -0.333. The monoisotopic (exact) mass is 301 g/mol. The van der Waals surface area contributed by atoms with E-state index in [2.05, 4.69) is 33.0 Å². The first-order valence-electron chi connectivity index (χ1n) is 8.01. The maximum absolute atomic E-state index is 11.6. The summed E-state index contributed by atoms with van der Waals surface area (Å²) in [5, 5.41) is 2.97. The van der Waals surface area contributed by atoms with Gasteiger partial charge < -0.3 is 14.6 Å². The number of rotatable bonds is 4. The molecule has 1 saturated heterocycles. The molecule has 0 unspecified atom stereocenters. The van der Waals surface area contributed by atoms with E-state index in [0.717, 1.165) is 23.9 Å². The van der Waals surface area contributed by atoms with E-state index in [1.165, 1.54) is 0 Å². The molecule has 1 amide bonds. The van der Waals surface area contributed by atoms with Crippen molar-refractivity contribution < 1.29 is 14.1 Å². The van der Waals surface area contributed by atoms with Crippen molar-refractivity contribution in [2.24, 2.45) is 5.92 Å². The summed E-state index contributed by atoms with van der Waals surface area (Å²) < 4.78 is 12.1. The van der Waals surface area contributed by atoms with Gasteiger partial charge in [0.1, 0.15) is 0 Å². The lowest BCUT2D eigenvalue weighted by Crippen LogP contribution is -2.41. The molecular formula is C17H24BNO3. The first-order valence-corrected chi connectivity index (χ1v) is 8.01. The molecule has 118 valence electrons. The van der Waals surface area contributed by atoms with E-state index in [1.807, 2.05) is 24.3 Å². The largest absolute Gasteiger partial charge is 0.494 e. The van der Waals surface area contributed by atoms with E-state index < -0.39 is 0 Å². The molecule has 1 aromatic rings.